The molecule has 4 nitrogen and oxygen atoms in total. The van der Waals surface area contributed by atoms with Crippen LogP contribution in [0.25, 0.3) is 0 Å². The Morgan fingerprint density at radius 2 is 2.17 bits per heavy atom. The van der Waals surface area contributed by atoms with Gasteiger partial charge in [-0.1, -0.05) is 13.8 Å². The van der Waals surface area contributed by atoms with Crippen LogP contribution in [0.1, 0.15) is 35.8 Å². The number of carbonyl (C=O) groups is 1. The molecule has 0 spiro atoms. The van der Waals surface area contributed by atoms with Crippen molar-refractivity contribution in [2.75, 3.05) is 30.5 Å². The van der Waals surface area contributed by atoms with Crippen LogP contribution in [-0.4, -0.2) is 41.7 Å². The second-order valence-electron chi connectivity index (χ2n) is 4.51. The maximum absolute atomic E-state index is 11.1. The molecule has 0 saturated carbocycles. The van der Waals surface area contributed by atoms with E-state index in [4.69, 9.17) is 5.11 Å². The first-order valence-electron chi connectivity index (χ1n) is 5.91. The van der Waals surface area contributed by atoms with Gasteiger partial charge >= 0.3 is 5.97 Å². The number of aromatic nitrogens is 1. The van der Waals surface area contributed by atoms with Crippen LogP contribution in [0.5, 0.6) is 0 Å². The SMILES string of the molecule is CSCCN(C)c1cc(C(=O)O)cc(C(C)C)n1. The van der Waals surface area contributed by atoms with Crippen molar-refractivity contribution in [2.24, 2.45) is 0 Å². The minimum absolute atomic E-state index is 0.219. The van der Waals surface area contributed by atoms with E-state index < -0.39 is 5.97 Å². The molecule has 1 rings (SSSR count). The summed E-state index contributed by atoms with van der Waals surface area (Å²) in [6.07, 6.45) is 2.05. The fraction of sp³-hybridized carbons (Fsp3) is 0.538. The Balaban J connectivity index is 3.06. The van der Waals surface area contributed by atoms with Gasteiger partial charge in [-0.25, -0.2) is 9.78 Å². The summed E-state index contributed by atoms with van der Waals surface area (Å²) < 4.78 is 0. The predicted octanol–water partition coefficient (Wildman–Crippen LogP) is 2.70. The number of nitrogens with zero attached hydrogens (tertiary/aromatic N) is 2. The van der Waals surface area contributed by atoms with Crippen molar-refractivity contribution in [1.82, 2.24) is 4.98 Å². The highest BCUT2D eigenvalue weighted by Crippen LogP contribution is 2.20. The molecule has 0 atom stereocenters. The number of pyridine rings is 1. The largest absolute Gasteiger partial charge is 0.478 e. The number of carboxylic acid groups (broad SMARTS) is 1. The highest BCUT2D eigenvalue weighted by Gasteiger charge is 2.12. The van der Waals surface area contributed by atoms with Crippen LogP contribution in [0.2, 0.25) is 0 Å². The van der Waals surface area contributed by atoms with Gasteiger partial charge in [-0.15, -0.1) is 0 Å². The fourth-order valence-electron chi connectivity index (χ4n) is 1.49. The average molecular weight is 268 g/mol. The standard InChI is InChI=1S/C13H20N2O2S/c1-9(2)11-7-10(13(16)17)8-12(14-11)15(3)5-6-18-4/h7-9H,5-6H2,1-4H3,(H,16,17). The number of anilines is 1. The maximum atomic E-state index is 11.1. The molecule has 0 aliphatic rings. The second-order valence-corrected chi connectivity index (χ2v) is 5.50. The van der Waals surface area contributed by atoms with Crippen LogP contribution >= 0.6 is 11.8 Å². The summed E-state index contributed by atoms with van der Waals surface area (Å²) in [5.41, 5.74) is 1.13. The molecule has 0 bridgehead atoms. The summed E-state index contributed by atoms with van der Waals surface area (Å²) in [4.78, 5) is 17.6. The van der Waals surface area contributed by atoms with Crippen molar-refractivity contribution in [2.45, 2.75) is 19.8 Å². The van der Waals surface area contributed by atoms with Crippen molar-refractivity contribution in [3.8, 4) is 0 Å². The van der Waals surface area contributed by atoms with Crippen LogP contribution in [0.4, 0.5) is 5.82 Å². The molecule has 0 aliphatic heterocycles. The van der Waals surface area contributed by atoms with Gasteiger partial charge in [0.1, 0.15) is 5.82 Å². The van der Waals surface area contributed by atoms with Gasteiger partial charge in [-0.05, 0) is 24.3 Å². The van der Waals surface area contributed by atoms with Crippen molar-refractivity contribution in [3.63, 3.8) is 0 Å². The molecule has 100 valence electrons. The third kappa shape index (κ3) is 3.91. The third-order valence-corrected chi connectivity index (χ3v) is 3.28. The molecular formula is C13H20N2O2S. The molecule has 0 amide bonds. The molecule has 1 aromatic rings. The number of hydrogen-bond donors (Lipinski definition) is 1. The minimum atomic E-state index is -0.904. The van der Waals surface area contributed by atoms with Crippen LogP contribution in [0.3, 0.4) is 0 Å². The Morgan fingerprint density at radius 3 is 2.67 bits per heavy atom. The summed E-state index contributed by atoms with van der Waals surface area (Å²) >= 11 is 1.76. The number of hydrogen-bond acceptors (Lipinski definition) is 4. The number of carboxylic acids is 1. The molecule has 0 saturated heterocycles. The molecule has 1 heterocycles. The van der Waals surface area contributed by atoms with Crippen molar-refractivity contribution < 1.29 is 9.90 Å². The van der Waals surface area contributed by atoms with Crippen molar-refractivity contribution >= 4 is 23.5 Å². The van der Waals surface area contributed by atoms with Gasteiger partial charge in [-0.3, -0.25) is 0 Å². The topological polar surface area (TPSA) is 53.4 Å². The molecule has 1 aromatic heterocycles. The molecule has 0 fully saturated rings. The smallest absolute Gasteiger partial charge is 0.335 e. The highest BCUT2D eigenvalue weighted by atomic mass is 32.2. The molecule has 0 radical (unpaired) electrons. The van der Waals surface area contributed by atoms with E-state index in [1.807, 2.05) is 25.8 Å². The lowest BCUT2D eigenvalue weighted by Crippen LogP contribution is -2.22. The Hall–Kier alpha value is -1.23. The molecule has 18 heavy (non-hydrogen) atoms. The van der Waals surface area contributed by atoms with E-state index in [2.05, 4.69) is 11.2 Å². The lowest BCUT2D eigenvalue weighted by molar-refractivity contribution is 0.0696. The van der Waals surface area contributed by atoms with E-state index >= 15 is 0 Å². The van der Waals surface area contributed by atoms with Gasteiger partial charge in [0.2, 0.25) is 0 Å². The van der Waals surface area contributed by atoms with E-state index in [1.165, 1.54) is 0 Å². The normalized spacial score (nSPS) is 10.7. The van der Waals surface area contributed by atoms with Gasteiger partial charge in [0.25, 0.3) is 0 Å². The number of rotatable bonds is 6. The highest BCUT2D eigenvalue weighted by molar-refractivity contribution is 7.98. The average Bonchev–Trinajstić information content (AvgIpc) is 2.35. The predicted molar refractivity (Wildman–Crippen MR) is 76.9 cm³/mol. The Morgan fingerprint density at radius 1 is 1.50 bits per heavy atom. The van der Waals surface area contributed by atoms with Crippen LogP contribution in [0.15, 0.2) is 12.1 Å². The van der Waals surface area contributed by atoms with Crippen molar-refractivity contribution in [1.29, 1.82) is 0 Å². The fourth-order valence-corrected chi connectivity index (χ4v) is 1.95. The number of aromatic carboxylic acids is 1. The zero-order valence-corrected chi connectivity index (χ0v) is 12.1. The van der Waals surface area contributed by atoms with E-state index in [0.717, 1.165) is 23.8 Å². The molecule has 0 aliphatic carbocycles. The quantitative estimate of drug-likeness (QED) is 0.859. The molecule has 5 heteroatoms. The summed E-state index contributed by atoms with van der Waals surface area (Å²) in [7, 11) is 1.94. The van der Waals surface area contributed by atoms with Gasteiger partial charge in [-0.2, -0.15) is 11.8 Å². The monoisotopic (exact) mass is 268 g/mol. The molecule has 0 aromatic carbocycles. The Bertz CT molecular complexity index is 421. The van der Waals surface area contributed by atoms with Gasteiger partial charge < -0.3 is 10.0 Å². The van der Waals surface area contributed by atoms with Crippen molar-refractivity contribution in [3.05, 3.63) is 23.4 Å². The van der Waals surface area contributed by atoms with E-state index in [9.17, 15) is 4.79 Å². The van der Waals surface area contributed by atoms with Crippen LogP contribution in [0, 0.1) is 0 Å². The van der Waals surface area contributed by atoms with E-state index in [1.54, 1.807) is 23.9 Å². The summed E-state index contributed by atoms with van der Waals surface area (Å²) in [6.45, 7) is 4.88. The first kappa shape index (κ1) is 14.8. The second kappa shape index (κ2) is 6.64. The van der Waals surface area contributed by atoms with Crippen LogP contribution in [-0.2, 0) is 0 Å². The van der Waals surface area contributed by atoms with Gasteiger partial charge in [0.05, 0.1) is 5.56 Å². The summed E-state index contributed by atoms with van der Waals surface area (Å²) in [5.74, 6) is 1.04. The van der Waals surface area contributed by atoms with Gasteiger partial charge in [0.15, 0.2) is 0 Å². The minimum Gasteiger partial charge on any atom is -0.478 e. The first-order chi connectivity index (χ1) is 8.45. The zero-order chi connectivity index (χ0) is 13.7. The zero-order valence-electron chi connectivity index (χ0n) is 11.3. The summed E-state index contributed by atoms with van der Waals surface area (Å²) in [5, 5.41) is 9.12. The summed E-state index contributed by atoms with van der Waals surface area (Å²) in [6, 6.07) is 3.29. The molecular weight excluding hydrogens is 248 g/mol. The molecule has 0 unspecified atom stereocenters. The van der Waals surface area contributed by atoms with E-state index in [0.29, 0.717) is 5.56 Å². The van der Waals surface area contributed by atoms with Gasteiger partial charge in [0, 0.05) is 25.0 Å². The first-order valence-corrected chi connectivity index (χ1v) is 7.30. The molecule has 1 N–H and O–H groups in total. The van der Waals surface area contributed by atoms with E-state index in [-0.39, 0.29) is 5.92 Å². The third-order valence-electron chi connectivity index (χ3n) is 2.69. The lowest BCUT2D eigenvalue weighted by atomic mass is 10.1. The maximum Gasteiger partial charge on any atom is 0.335 e. The Kier molecular flexibility index (Phi) is 5.47. The lowest BCUT2D eigenvalue weighted by Gasteiger charge is -2.19. The number of thioether (sulfide) groups is 1. The Labute approximate surface area is 112 Å². The van der Waals surface area contributed by atoms with Crippen LogP contribution < -0.4 is 4.90 Å².